The number of para-hydroxylation sites is 1. The molecule has 0 saturated heterocycles. The molecule has 4 rings (SSSR count). The zero-order valence-electron chi connectivity index (χ0n) is 14.4. The molecular weight excluding hydrogens is 328 g/mol. The summed E-state index contributed by atoms with van der Waals surface area (Å²) in [5.41, 5.74) is 3.57. The van der Waals surface area contributed by atoms with E-state index < -0.39 is 0 Å². The molecule has 0 atom stereocenters. The summed E-state index contributed by atoms with van der Waals surface area (Å²) < 4.78 is 12.6. The van der Waals surface area contributed by atoms with Crippen molar-refractivity contribution in [1.82, 2.24) is 9.72 Å². The molecule has 2 aromatic heterocycles. The van der Waals surface area contributed by atoms with Crippen molar-refractivity contribution in [2.45, 2.75) is 20.1 Å². The molecule has 0 unspecified atom stereocenters. The lowest BCUT2D eigenvalue weighted by Crippen LogP contribution is -2.14. The maximum absolute atomic E-state index is 12.3. The molecule has 2 aromatic carbocycles. The van der Waals surface area contributed by atoms with E-state index in [4.69, 9.17) is 9.26 Å². The van der Waals surface area contributed by atoms with Crippen LogP contribution in [0.5, 0.6) is 0 Å². The van der Waals surface area contributed by atoms with Crippen molar-refractivity contribution in [1.29, 1.82) is 0 Å². The molecule has 26 heavy (non-hydrogen) atoms. The Morgan fingerprint density at radius 1 is 1.08 bits per heavy atom. The summed E-state index contributed by atoms with van der Waals surface area (Å²) in [6.45, 7) is 2.24. The highest BCUT2D eigenvalue weighted by molar-refractivity contribution is 5.83. The molecule has 0 aliphatic heterocycles. The summed E-state index contributed by atoms with van der Waals surface area (Å²) in [4.78, 5) is 12.3. The summed E-state index contributed by atoms with van der Waals surface area (Å²) in [7, 11) is 0. The van der Waals surface area contributed by atoms with Gasteiger partial charge in [-0.25, -0.2) is 0 Å². The van der Waals surface area contributed by atoms with Crippen molar-refractivity contribution in [3.05, 3.63) is 78.1 Å². The van der Waals surface area contributed by atoms with E-state index in [1.807, 2.05) is 66.1 Å². The van der Waals surface area contributed by atoms with Crippen LogP contribution in [0.15, 0.2) is 71.3 Å². The highest BCUT2D eigenvalue weighted by atomic mass is 16.5. The molecular formula is C21H18N2O3. The van der Waals surface area contributed by atoms with Crippen LogP contribution in [-0.4, -0.2) is 15.7 Å². The van der Waals surface area contributed by atoms with E-state index in [-0.39, 0.29) is 19.1 Å². The van der Waals surface area contributed by atoms with Crippen LogP contribution in [0.2, 0.25) is 0 Å². The van der Waals surface area contributed by atoms with Gasteiger partial charge in [-0.1, -0.05) is 53.7 Å². The van der Waals surface area contributed by atoms with E-state index >= 15 is 0 Å². The molecule has 5 heteroatoms. The molecule has 0 bridgehead atoms. The number of rotatable bonds is 5. The zero-order chi connectivity index (χ0) is 17.9. The molecule has 5 nitrogen and oxygen atoms in total. The van der Waals surface area contributed by atoms with Gasteiger partial charge in [0, 0.05) is 22.8 Å². The fraction of sp³-hybridized carbons (Fsp3) is 0.143. The van der Waals surface area contributed by atoms with Gasteiger partial charge in [0.05, 0.1) is 0 Å². The van der Waals surface area contributed by atoms with Gasteiger partial charge in [0.25, 0.3) is 0 Å². The highest BCUT2D eigenvalue weighted by Crippen LogP contribution is 2.21. The summed E-state index contributed by atoms with van der Waals surface area (Å²) in [5, 5.41) is 5.08. The lowest BCUT2D eigenvalue weighted by atomic mass is 10.2. The second-order valence-corrected chi connectivity index (χ2v) is 6.14. The van der Waals surface area contributed by atoms with Gasteiger partial charge in [0.1, 0.15) is 18.8 Å². The molecule has 0 amide bonds. The number of benzene rings is 2. The molecule has 0 spiro atoms. The highest BCUT2D eigenvalue weighted by Gasteiger charge is 2.12. The van der Waals surface area contributed by atoms with Crippen LogP contribution in [0, 0.1) is 6.92 Å². The number of carbonyl (C=O) groups is 1. The Morgan fingerprint density at radius 2 is 1.85 bits per heavy atom. The number of aromatic nitrogens is 2. The van der Waals surface area contributed by atoms with E-state index in [2.05, 4.69) is 11.2 Å². The van der Waals surface area contributed by atoms with Gasteiger partial charge in [0.2, 0.25) is 0 Å². The fourth-order valence-electron chi connectivity index (χ4n) is 3.01. The summed E-state index contributed by atoms with van der Waals surface area (Å²) in [5.74, 6) is 0.350. The molecule has 0 radical (unpaired) electrons. The molecule has 0 saturated carbocycles. The molecule has 0 aliphatic carbocycles. The monoisotopic (exact) mass is 346 g/mol. The number of hydrogen-bond donors (Lipinski definition) is 0. The number of carbonyl (C=O) groups excluding carboxylic acids is 1. The van der Waals surface area contributed by atoms with Crippen LogP contribution in [0.4, 0.5) is 0 Å². The molecule has 4 aromatic rings. The minimum absolute atomic E-state index is 0.0907. The number of aryl methyl sites for hydroxylation is 1. The van der Waals surface area contributed by atoms with Crippen LogP contribution in [0.3, 0.4) is 0 Å². The normalized spacial score (nSPS) is 11.0. The predicted octanol–water partition coefficient (Wildman–Crippen LogP) is 4.35. The maximum Gasteiger partial charge on any atom is 0.326 e. The lowest BCUT2D eigenvalue weighted by Gasteiger charge is -2.07. The largest absolute Gasteiger partial charge is 0.458 e. The number of nitrogens with zero attached hydrogens (tertiary/aromatic N) is 2. The molecule has 0 fully saturated rings. The molecule has 0 aliphatic rings. The smallest absolute Gasteiger partial charge is 0.326 e. The van der Waals surface area contributed by atoms with E-state index in [9.17, 15) is 4.79 Å². The van der Waals surface area contributed by atoms with Crippen LogP contribution < -0.4 is 0 Å². The number of esters is 1. The third kappa shape index (κ3) is 3.24. The Bertz CT molecular complexity index is 1050. The van der Waals surface area contributed by atoms with Crippen LogP contribution in [0.25, 0.3) is 22.2 Å². The second kappa shape index (κ2) is 6.88. The van der Waals surface area contributed by atoms with Gasteiger partial charge >= 0.3 is 5.97 Å². The van der Waals surface area contributed by atoms with Gasteiger partial charge in [-0.05, 0) is 24.4 Å². The first kappa shape index (κ1) is 16.1. The third-order valence-electron chi connectivity index (χ3n) is 4.30. The van der Waals surface area contributed by atoms with Gasteiger partial charge < -0.3 is 13.8 Å². The van der Waals surface area contributed by atoms with E-state index in [0.717, 1.165) is 22.2 Å². The number of hydrogen-bond acceptors (Lipinski definition) is 4. The van der Waals surface area contributed by atoms with Gasteiger partial charge in [-0.2, -0.15) is 0 Å². The first-order chi connectivity index (χ1) is 12.7. The van der Waals surface area contributed by atoms with Crippen molar-refractivity contribution in [3.63, 3.8) is 0 Å². The topological polar surface area (TPSA) is 57.3 Å². The van der Waals surface area contributed by atoms with Gasteiger partial charge in [-0.15, -0.1) is 0 Å². The first-order valence-corrected chi connectivity index (χ1v) is 8.42. The third-order valence-corrected chi connectivity index (χ3v) is 4.30. The minimum Gasteiger partial charge on any atom is -0.458 e. The summed E-state index contributed by atoms with van der Waals surface area (Å²) >= 11 is 0. The Morgan fingerprint density at radius 3 is 2.69 bits per heavy atom. The van der Waals surface area contributed by atoms with E-state index in [1.54, 1.807) is 6.07 Å². The standard InChI is InChI=1S/C21H18N2O3/c1-15-11-17-9-5-6-10-19(17)23(15)13-21(24)25-14-18-12-20(26-22-18)16-7-3-2-4-8-16/h2-12H,13-14H2,1H3. The van der Waals surface area contributed by atoms with Crippen molar-refractivity contribution in [2.75, 3.05) is 0 Å². The maximum atomic E-state index is 12.3. The second-order valence-electron chi connectivity index (χ2n) is 6.14. The summed E-state index contributed by atoms with van der Waals surface area (Å²) in [6.07, 6.45) is 0. The minimum atomic E-state index is -0.307. The average molecular weight is 346 g/mol. The average Bonchev–Trinajstić information content (AvgIpc) is 3.26. The van der Waals surface area contributed by atoms with Crippen molar-refractivity contribution in [3.8, 4) is 11.3 Å². The predicted molar refractivity (Wildman–Crippen MR) is 98.4 cm³/mol. The lowest BCUT2D eigenvalue weighted by molar-refractivity contribution is -0.145. The van der Waals surface area contributed by atoms with E-state index in [1.165, 1.54) is 0 Å². The molecule has 0 N–H and O–H groups in total. The van der Waals surface area contributed by atoms with Crippen molar-refractivity contribution >= 4 is 16.9 Å². The molecule has 130 valence electrons. The SMILES string of the molecule is Cc1cc2ccccc2n1CC(=O)OCc1cc(-c2ccccc2)on1. The van der Waals surface area contributed by atoms with Crippen LogP contribution in [0.1, 0.15) is 11.4 Å². The van der Waals surface area contributed by atoms with E-state index in [0.29, 0.717) is 11.5 Å². The van der Waals surface area contributed by atoms with Crippen LogP contribution in [-0.2, 0) is 22.7 Å². The first-order valence-electron chi connectivity index (χ1n) is 8.42. The van der Waals surface area contributed by atoms with Gasteiger partial charge in [-0.3, -0.25) is 4.79 Å². The van der Waals surface area contributed by atoms with Gasteiger partial charge in [0.15, 0.2) is 5.76 Å². The quantitative estimate of drug-likeness (QED) is 0.504. The number of ether oxygens (including phenoxy) is 1. The Hall–Kier alpha value is -3.34. The Labute approximate surface area is 150 Å². The van der Waals surface area contributed by atoms with Crippen molar-refractivity contribution in [2.24, 2.45) is 0 Å². The van der Waals surface area contributed by atoms with Crippen LogP contribution >= 0.6 is 0 Å². The fourth-order valence-corrected chi connectivity index (χ4v) is 3.01. The van der Waals surface area contributed by atoms with Crippen molar-refractivity contribution < 1.29 is 14.1 Å². The number of fused-ring (bicyclic) bond motifs is 1. The molecule has 2 heterocycles. The Balaban J connectivity index is 1.41. The Kier molecular flexibility index (Phi) is 4.27. The zero-order valence-corrected chi connectivity index (χ0v) is 14.4. The summed E-state index contributed by atoms with van der Waals surface area (Å²) in [6, 6.07) is 21.5.